The van der Waals surface area contributed by atoms with Crippen LogP contribution < -0.4 is 4.74 Å². The van der Waals surface area contributed by atoms with Gasteiger partial charge in [0.25, 0.3) is 0 Å². The van der Waals surface area contributed by atoms with Gasteiger partial charge in [0.2, 0.25) is 5.88 Å². The van der Waals surface area contributed by atoms with Crippen molar-refractivity contribution in [3.8, 4) is 5.88 Å². The van der Waals surface area contributed by atoms with Crippen LogP contribution in [0.3, 0.4) is 0 Å². The highest BCUT2D eigenvalue weighted by atomic mass is 16.5. The summed E-state index contributed by atoms with van der Waals surface area (Å²) in [6, 6.07) is 5.46. The molecule has 1 atom stereocenters. The SMILES string of the molecule is COc1cccc(CC(CCO)C(C)=O)n1. The molecule has 1 aromatic rings. The predicted molar refractivity (Wildman–Crippen MR) is 60.4 cm³/mol. The number of nitrogens with zero attached hydrogens (tertiary/aromatic N) is 1. The number of ketones is 1. The maximum absolute atomic E-state index is 11.3. The topological polar surface area (TPSA) is 59.4 Å². The third kappa shape index (κ3) is 3.62. The number of hydrogen-bond donors (Lipinski definition) is 1. The molecule has 1 unspecified atom stereocenters. The Kier molecular flexibility index (Phi) is 4.92. The van der Waals surface area contributed by atoms with Crippen LogP contribution in [-0.4, -0.2) is 29.6 Å². The van der Waals surface area contributed by atoms with Gasteiger partial charge in [0, 0.05) is 24.3 Å². The number of pyridine rings is 1. The molecule has 0 fully saturated rings. The highest BCUT2D eigenvalue weighted by Gasteiger charge is 2.15. The van der Waals surface area contributed by atoms with E-state index in [1.807, 2.05) is 12.1 Å². The Labute approximate surface area is 95.3 Å². The average Bonchev–Trinajstić information content (AvgIpc) is 2.28. The van der Waals surface area contributed by atoms with Gasteiger partial charge in [0.1, 0.15) is 5.78 Å². The zero-order valence-electron chi connectivity index (χ0n) is 9.64. The van der Waals surface area contributed by atoms with Crippen molar-refractivity contribution in [3.05, 3.63) is 23.9 Å². The lowest BCUT2D eigenvalue weighted by Gasteiger charge is -2.11. The quantitative estimate of drug-likeness (QED) is 0.787. The van der Waals surface area contributed by atoms with Gasteiger partial charge < -0.3 is 9.84 Å². The zero-order valence-corrected chi connectivity index (χ0v) is 9.64. The first-order valence-electron chi connectivity index (χ1n) is 5.28. The number of aliphatic hydroxyl groups excluding tert-OH is 1. The minimum Gasteiger partial charge on any atom is -0.481 e. The number of carbonyl (C=O) groups excluding carboxylic acids is 1. The molecule has 0 radical (unpaired) electrons. The Bertz CT molecular complexity index is 352. The molecule has 0 spiro atoms. The molecule has 0 bridgehead atoms. The maximum Gasteiger partial charge on any atom is 0.213 e. The summed E-state index contributed by atoms with van der Waals surface area (Å²) < 4.78 is 5.01. The van der Waals surface area contributed by atoms with Crippen molar-refractivity contribution in [2.24, 2.45) is 5.92 Å². The van der Waals surface area contributed by atoms with Gasteiger partial charge in [-0.3, -0.25) is 4.79 Å². The Morgan fingerprint density at radius 2 is 2.31 bits per heavy atom. The summed E-state index contributed by atoms with van der Waals surface area (Å²) in [6.07, 6.45) is 1.03. The third-order valence-electron chi connectivity index (χ3n) is 2.50. The van der Waals surface area contributed by atoms with Crippen LogP contribution >= 0.6 is 0 Å². The van der Waals surface area contributed by atoms with Gasteiger partial charge in [0.15, 0.2) is 0 Å². The lowest BCUT2D eigenvalue weighted by molar-refractivity contribution is -0.121. The van der Waals surface area contributed by atoms with Crippen molar-refractivity contribution in [1.82, 2.24) is 4.98 Å². The number of Topliss-reactive ketones (excluding diaryl/α,β-unsaturated/α-hetero) is 1. The number of rotatable bonds is 6. The summed E-state index contributed by atoms with van der Waals surface area (Å²) in [5.74, 6) is 0.465. The number of carbonyl (C=O) groups is 1. The maximum atomic E-state index is 11.3. The van der Waals surface area contributed by atoms with Crippen molar-refractivity contribution in [2.45, 2.75) is 19.8 Å². The van der Waals surface area contributed by atoms with Crippen LogP contribution in [0, 0.1) is 5.92 Å². The summed E-state index contributed by atoms with van der Waals surface area (Å²) in [7, 11) is 1.56. The largest absolute Gasteiger partial charge is 0.481 e. The number of hydrogen-bond acceptors (Lipinski definition) is 4. The fourth-order valence-electron chi connectivity index (χ4n) is 1.54. The van der Waals surface area contributed by atoms with Gasteiger partial charge in [-0.1, -0.05) is 6.07 Å². The van der Waals surface area contributed by atoms with E-state index in [9.17, 15) is 4.79 Å². The Morgan fingerprint density at radius 1 is 1.56 bits per heavy atom. The summed E-state index contributed by atoms with van der Waals surface area (Å²) in [6.45, 7) is 1.56. The van der Waals surface area contributed by atoms with E-state index in [1.165, 1.54) is 0 Å². The Morgan fingerprint density at radius 3 is 2.88 bits per heavy atom. The molecule has 0 saturated heterocycles. The summed E-state index contributed by atoms with van der Waals surface area (Å²) in [5, 5.41) is 8.87. The highest BCUT2D eigenvalue weighted by molar-refractivity contribution is 5.78. The van der Waals surface area contributed by atoms with E-state index in [2.05, 4.69) is 4.98 Å². The highest BCUT2D eigenvalue weighted by Crippen LogP contribution is 2.14. The lowest BCUT2D eigenvalue weighted by Crippen LogP contribution is -2.16. The Balaban J connectivity index is 2.72. The average molecular weight is 223 g/mol. The molecule has 4 heteroatoms. The molecule has 1 rings (SSSR count). The Hall–Kier alpha value is -1.42. The van der Waals surface area contributed by atoms with Gasteiger partial charge in [-0.2, -0.15) is 0 Å². The molecular weight excluding hydrogens is 206 g/mol. The summed E-state index contributed by atoms with van der Waals surface area (Å²) >= 11 is 0. The summed E-state index contributed by atoms with van der Waals surface area (Å²) in [4.78, 5) is 15.6. The molecule has 1 aromatic heterocycles. The molecule has 0 aliphatic rings. The van der Waals surface area contributed by atoms with E-state index in [4.69, 9.17) is 9.84 Å². The molecule has 0 amide bonds. The lowest BCUT2D eigenvalue weighted by atomic mass is 9.95. The van der Waals surface area contributed by atoms with Crippen molar-refractivity contribution >= 4 is 5.78 Å². The number of ether oxygens (including phenoxy) is 1. The monoisotopic (exact) mass is 223 g/mol. The van der Waals surface area contributed by atoms with Gasteiger partial charge in [-0.05, 0) is 25.8 Å². The van der Waals surface area contributed by atoms with Crippen LogP contribution in [0.1, 0.15) is 19.0 Å². The predicted octanol–water partition coefficient (Wildman–Crippen LogP) is 1.22. The second-order valence-corrected chi connectivity index (χ2v) is 3.70. The van der Waals surface area contributed by atoms with E-state index < -0.39 is 0 Å². The molecule has 1 N–H and O–H groups in total. The molecule has 88 valence electrons. The van der Waals surface area contributed by atoms with Crippen molar-refractivity contribution in [3.63, 3.8) is 0 Å². The van der Waals surface area contributed by atoms with Crippen molar-refractivity contribution in [2.75, 3.05) is 13.7 Å². The van der Waals surface area contributed by atoms with Crippen molar-refractivity contribution in [1.29, 1.82) is 0 Å². The molecular formula is C12H17NO3. The van der Waals surface area contributed by atoms with Gasteiger partial charge >= 0.3 is 0 Å². The van der Waals surface area contributed by atoms with Crippen LogP contribution in [0.4, 0.5) is 0 Å². The molecule has 0 aliphatic carbocycles. The van der Waals surface area contributed by atoms with E-state index in [0.717, 1.165) is 5.69 Å². The second-order valence-electron chi connectivity index (χ2n) is 3.70. The normalized spacial score (nSPS) is 12.2. The fraction of sp³-hybridized carbons (Fsp3) is 0.500. The van der Waals surface area contributed by atoms with E-state index in [1.54, 1.807) is 20.1 Å². The van der Waals surface area contributed by atoms with Crippen LogP contribution in [0.15, 0.2) is 18.2 Å². The molecule has 0 aromatic carbocycles. The van der Waals surface area contributed by atoms with Crippen LogP contribution in [0.2, 0.25) is 0 Å². The minimum absolute atomic E-state index is 0.0220. The number of methoxy groups -OCH3 is 1. The van der Waals surface area contributed by atoms with Crippen LogP contribution in [0.5, 0.6) is 5.88 Å². The number of aliphatic hydroxyl groups is 1. The van der Waals surface area contributed by atoms with Crippen molar-refractivity contribution < 1.29 is 14.6 Å². The van der Waals surface area contributed by atoms with Gasteiger partial charge in [-0.15, -0.1) is 0 Å². The summed E-state index contributed by atoms with van der Waals surface area (Å²) in [5.41, 5.74) is 0.813. The molecule has 4 nitrogen and oxygen atoms in total. The minimum atomic E-state index is -0.162. The van der Waals surface area contributed by atoms with Crippen LogP contribution in [0.25, 0.3) is 0 Å². The first-order chi connectivity index (χ1) is 7.67. The number of aromatic nitrogens is 1. The fourth-order valence-corrected chi connectivity index (χ4v) is 1.54. The second kappa shape index (κ2) is 6.23. The zero-order chi connectivity index (χ0) is 12.0. The molecule has 0 saturated carbocycles. The molecule has 0 aliphatic heterocycles. The third-order valence-corrected chi connectivity index (χ3v) is 2.50. The first kappa shape index (κ1) is 12.6. The standard InChI is InChI=1S/C12H17NO3/c1-9(15)10(6-7-14)8-11-4-3-5-12(13-11)16-2/h3-5,10,14H,6-8H2,1-2H3. The molecule has 16 heavy (non-hydrogen) atoms. The van der Waals surface area contributed by atoms with E-state index >= 15 is 0 Å². The smallest absolute Gasteiger partial charge is 0.213 e. The van der Waals surface area contributed by atoms with Crippen LogP contribution in [-0.2, 0) is 11.2 Å². The first-order valence-corrected chi connectivity index (χ1v) is 5.28. The van der Waals surface area contributed by atoms with Gasteiger partial charge in [-0.25, -0.2) is 4.98 Å². The van der Waals surface area contributed by atoms with E-state index in [0.29, 0.717) is 18.7 Å². The van der Waals surface area contributed by atoms with E-state index in [-0.39, 0.29) is 18.3 Å². The molecule has 1 heterocycles. The van der Waals surface area contributed by atoms with Gasteiger partial charge in [0.05, 0.1) is 7.11 Å².